The Hall–Kier alpha value is -1.93. The molecule has 1 N–H and O–H groups in total. The van der Waals surface area contributed by atoms with Gasteiger partial charge in [0.15, 0.2) is 0 Å². The molecule has 1 heterocycles. The molecule has 1 unspecified atom stereocenters. The van der Waals surface area contributed by atoms with Gasteiger partial charge in [0, 0.05) is 32.7 Å². The smallest absolute Gasteiger partial charge is 0.243 e. The van der Waals surface area contributed by atoms with Crippen LogP contribution in [0.2, 0.25) is 10.0 Å². The lowest BCUT2D eigenvalue weighted by Crippen LogP contribution is -2.46. The van der Waals surface area contributed by atoms with Crippen LogP contribution in [-0.4, -0.2) is 61.1 Å². The molecule has 220 valence electrons. The van der Waals surface area contributed by atoms with Gasteiger partial charge in [-0.2, -0.15) is 4.31 Å². The highest BCUT2D eigenvalue weighted by atomic mass is 35.5. The standard InChI is InChI=1S/C33H40Cl2N2O3S/c1-36(41(39,40)29-14-15-31(34)32(35)23-29)28-21-27(30(22-28)26-12-6-3-7-13-26)24-37-19-17-33(38,18-20-37)16-8-11-25-9-4-2-5-10-25/h2-7,9-10,12-15,23,27-28,30,38H,8,11,16-22,24H2,1H3/t27-,28?,30-/m1/s1. The number of rotatable bonds is 10. The molecule has 0 bridgehead atoms. The number of aryl methyl sites for hydroxylation is 1. The van der Waals surface area contributed by atoms with E-state index in [1.54, 1.807) is 7.05 Å². The molecule has 2 fully saturated rings. The zero-order chi connectivity index (χ0) is 29.0. The van der Waals surface area contributed by atoms with Gasteiger partial charge < -0.3 is 10.0 Å². The second-order valence-electron chi connectivity index (χ2n) is 11.9. The third-order valence-corrected chi connectivity index (χ3v) is 11.9. The molecule has 1 aliphatic heterocycles. The first-order valence-electron chi connectivity index (χ1n) is 14.6. The highest BCUT2D eigenvalue weighted by Crippen LogP contribution is 2.44. The Morgan fingerprint density at radius 1 is 0.927 bits per heavy atom. The number of aliphatic hydroxyl groups is 1. The van der Waals surface area contributed by atoms with Gasteiger partial charge in [-0.1, -0.05) is 83.9 Å². The minimum atomic E-state index is -3.72. The molecule has 5 rings (SSSR count). The third kappa shape index (κ3) is 7.35. The lowest BCUT2D eigenvalue weighted by Gasteiger charge is -2.40. The topological polar surface area (TPSA) is 60.9 Å². The average Bonchev–Trinajstić information content (AvgIpc) is 3.40. The van der Waals surface area contributed by atoms with Crippen LogP contribution in [-0.2, 0) is 16.4 Å². The summed E-state index contributed by atoms with van der Waals surface area (Å²) >= 11 is 12.2. The van der Waals surface area contributed by atoms with Crippen LogP contribution < -0.4 is 0 Å². The van der Waals surface area contributed by atoms with Crippen LogP contribution in [0.25, 0.3) is 0 Å². The summed E-state index contributed by atoms with van der Waals surface area (Å²) in [5.41, 5.74) is 1.98. The molecule has 1 aliphatic carbocycles. The number of piperidine rings is 1. The molecular weight excluding hydrogens is 575 g/mol. The van der Waals surface area contributed by atoms with Gasteiger partial charge in [0.05, 0.1) is 20.5 Å². The van der Waals surface area contributed by atoms with Gasteiger partial charge in [-0.25, -0.2) is 8.42 Å². The van der Waals surface area contributed by atoms with E-state index in [0.29, 0.717) is 10.9 Å². The Morgan fingerprint density at radius 3 is 2.24 bits per heavy atom. The highest BCUT2D eigenvalue weighted by Gasteiger charge is 2.42. The maximum Gasteiger partial charge on any atom is 0.243 e. The lowest BCUT2D eigenvalue weighted by molar-refractivity contribution is -0.0318. The third-order valence-electron chi connectivity index (χ3n) is 9.21. The van der Waals surface area contributed by atoms with Crippen molar-refractivity contribution in [2.45, 2.75) is 67.4 Å². The summed E-state index contributed by atoms with van der Waals surface area (Å²) in [4.78, 5) is 2.64. The van der Waals surface area contributed by atoms with Crippen LogP contribution >= 0.6 is 23.2 Å². The van der Waals surface area contributed by atoms with Gasteiger partial charge in [0.1, 0.15) is 0 Å². The number of sulfonamides is 1. The van der Waals surface area contributed by atoms with E-state index in [2.05, 4.69) is 53.4 Å². The molecule has 2 aliphatic rings. The molecule has 1 saturated carbocycles. The molecule has 0 aromatic heterocycles. The van der Waals surface area contributed by atoms with Crippen LogP contribution in [0.3, 0.4) is 0 Å². The molecule has 3 aromatic rings. The highest BCUT2D eigenvalue weighted by molar-refractivity contribution is 7.89. The number of hydrogen-bond donors (Lipinski definition) is 1. The van der Waals surface area contributed by atoms with Crippen molar-refractivity contribution < 1.29 is 13.5 Å². The van der Waals surface area contributed by atoms with Gasteiger partial charge >= 0.3 is 0 Å². The van der Waals surface area contributed by atoms with Crippen molar-refractivity contribution in [3.05, 3.63) is 100 Å². The van der Waals surface area contributed by atoms with E-state index in [-0.39, 0.29) is 21.9 Å². The molecule has 0 spiro atoms. The van der Waals surface area contributed by atoms with Crippen molar-refractivity contribution in [1.82, 2.24) is 9.21 Å². The SMILES string of the molecule is CN(C1C[C@H](CN2CCC(O)(CCCc3ccccc3)CC2)[C@@H](c2ccccc2)C1)S(=O)(=O)c1ccc(Cl)c(Cl)c1. The minimum Gasteiger partial charge on any atom is -0.390 e. The second kappa shape index (κ2) is 13.2. The van der Waals surface area contributed by atoms with Crippen LogP contribution in [0.5, 0.6) is 0 Å². The Bertz CT molecular complexity index is 1400. The van der Waals surface area contributed by atoms with Gasteiger partial charge in [-0.05, 0) is 86.1 Å². The van der Waals surface area contributed by atoms with Crippen molar-refractivity contribution in [2.24, 2.45) is 5.92 Å². The van der Waals surface area contributed by atoms with E-state index in [1.165, 1.54) is 33.6 Å². The summed E-state index contributed by atoms with van der Waals surface area (Å²) in [5.74, 6) is 0.581. The molecule has 3 aromatic carbocycles. The summed E-state index contributed by atoms with van der Waals surface area (Å²) < 4.78 is 28.6. The molecule has 3 atom stereocenters. The normalized spacial score (nSPS) is 23.2. The molecule has 8 heteroatoms. The van der Waals surface area contributed by atoms with Crippen LogP contribution in [0.1, 0.15) is 55.6 Å². The fourth-order valence-electron chi connectivity index (χ4n) is 6.70. The second-order valence-corrected chi connectivity index (χ2v) is 14.7. The lowest BCUT2D eigenvalue weighted by atomic mass is 9.84. The maximum absolute atomic E-state index is 13.6. The van der Waals surface area contributed by atoms with E-state index in [9.17, 15) is 13.5 Å². The Labute approximate surface area is 255 Å². The molecular formula is C33H40Cl2N2O3S. The zero-order valence-electron chi connectivity index (χ0n) is 23.6. The monoisotopic (exact) mass is 614 g/mol. The van der Waals surface area contributed by atoms with Crippen molar-refractivity contribution in [3.8, 4) is 0 Å². The van der Waals surface area contributed by atoms with Crippen LogP contribution in [0, 0.1) is 5.92 Å². The largest absolute Gasteiger partial charge is 0.390 e. The summed E-state index contributed by atoms with van der Waals surface area (Å²) in [5, 5.41) is 11.9. The van der Waals surface area contributed by atoms with Gasteiger partial charge in [0.2, 0.25) is 10.0 Å². The first kappa shape index (κ1) is 30.5. The molecule has 5 nitrogen and oxygen atoms in total. The van der Waals surface area contributed by atoms with E-state index in [1.807, 2.05) is 12.1 Å². The van der Waals surface area contributed by atoms with Crippen molar-refractivity contribution in [2.75, 3.05) is 26.7 Å². The fourth-order valence-corrected chi connectivity index (χ4v) is 8.47. The molecule has 0 amide bonds. The summed E-state index contributed by atoms with van der Waals surface area (Å²) in [6.07, 6.45) is 5.91. The van der Waals surface area contributed by atoms with E-state index in [4.69, 9.17) is 23.2 Å². The van der Waals surface area contributed by atoms with E-state index < -0.39 is 15.6 Å². The average molecular weight is 616 g/mol. The molecule has 0 radical (unpaired) electrons. The van der Waals surface area contributed by atoms with Crippen molar-refractivity contribution in [1.29, 1.82) is 0 Å². The van der Waals surface area contributed by atoms with Gasteiger partial charge in [0.25, 0.3) is 0 Å². The summed E-state index contributed by atoms with van der Waals surface area (Å²) in [6, 6.07) is 25.3. The maximum atomic E-state index is 13.6. The van der Waals surface area contributed by atoms with Gasteiger partial charge in [-0.15, -0.1) is 0 Å². The van der Waals surface area contributed by atoms with Crippen molar-refractivity contribution >= 4 is 33.2 Å². The Morgan fingerprint density at radius 2 is 1.59 bits per heavy atom. The predicted octanol–water partition coefficient (Wildman–Crippen LogP) is 7.03. The minimum absolute atomic E-state index is 0.121. The van der Waals surface area contributed by atoms with Crippen LogP contribution in [0.4, 0.5) is 0 Å². The van der Waals surface area contributed by atoms with E-state index >= 15 is 0 Å². The first-order chi connectivity index (χ1) is 19.6. The summed E-state index contributed by atoms with van der Waals surface area (Å²) in [6.45, 7) is 2.63. The molecule has 1 saturated heterocycles. The quantitative estimate of drug-likeness (QED) is 0.266. The summed E-state index contributed by atoms with van der Waals surface area (Å²) in [7, 11) is -2.04. The number of nitrogens with zero attached hydrogens (tertiary/aromatic N) is 2. The molecule has 41 heavy (non-hydrogen) atoms. The number of halogens is 2. The van der Waals surface area contributed by atoms with Crippen LogP contribution in [0.15, 0.2) is 83.8 Å². The predicted molar refractivity (Wildman–Crippen MR) is 167 cm³/mol. The number of benzene rings is 3. The Kier molecular flexibility index (Phi) is 9.79. The number of likely N-dealkylation sites (tertiary alicyclic amines) is 1. The van der Waals surface area contributed by atoms with Gasteiger partial charge in [-0.3, -0.25) is 0 Å². The number of hydrogen-bond acceptors (Lipinski definition) is 4. The fraction of sp³-hybridized carbons (Fsp3) is 0.455. The van der Waals surface area contributed by atoms with Crippen molar-refractivity contribution in [3.63, 3.8) is 0 Å². The Balaban J connectivity index is 1.23. The van der Waals surface area contributed by atoms with E-state index in [0.717, 1.165) is 64.6 Å². The first-order valence-corrected chi connectivity index (χ1v) is 16.8. The zero-order valence-corrected chi connectivity index (χ0v) is 26.0.